The molecular formula is C30H29F3N4O10. The molecule has 250 valence electrons. The molecule has 3 amide bonds. The van der Waals surface area contributed by atoms with Gasteiger partial charge >= 0.3 is 12.2 Å². The Morgan fingerprint density at radius 1 is 1.00 bits per heavy atom. The predicted molar refractivity (Wildman–Crippen MR) is 156 cm³/mol. The summed E-state index contributed by atoms with van der Waals surface area (Å²) in [7, 11) is 2.75. The van der Waals surface area contributed by atoms with Crippen molar-refractivity contribution in [3.05, 3.63) is 63.9 Å². The molecule has 0 heterocycles. The van der Waals surface area contributed by atoms with E-state index in [1.54, 1.807) is 0 Å². The number of anilines is 2. The van der Waals surface area contributed by atoms with Crippen molar-refractivity contribution in [2.45, 2.75) is 36.8 Å². The number of phenols is 2. The number of carbonyl (C=O) groups excluding carboxylic acids is 4. The number of nitrogens with zero attached hydrogens (tertiary/aromatic N) is 1. The summed E-state index contributed by atoms with van der Waals surface area (Å²) >= 11 is 0. The molecule has 0 saturated heterocycles. The fourth-order valence-corrected chi connectivity index (χ4v) is 6.87. The van der Waals surface area contributed by atoms with Gasteiger partial charge in [-0.2, -0.15) is 13.2 Å². The van der Waals surface area contributed by atoms with Gasteiger partial charge in [0.2, 0.25) is 5.78 Å². The highest BCUT2D eigenvalue weighted by Crippen LogP contribution is 2.56. The summed E-state index contributed by atoms with van der Waals surface area (Å²) in [6.45, 7) is 1.50. The molecule has 5 rings (SSSR count). The number of halogens is 3. The van der Waals surface area contributed by atoms with Crippen LogP contribution in [0, 0.1) is 11.8 Å². The zero-order valence-electron chi connectivity index (χ0n) is 24.7. The molecule has 2 aromatic rings. The highest BCUT2D eigenvalue weighted by atomic mass is 19.4. The number of primary amides is 1. The Labute approximate surface area is 263 Å². The van der Waals surface area contributed by atoms with Gasteiger partial charge in [0.05, 0.1) is 40.6 Å². The largest absolute Gasteiger partial charge is 0.508 e. The van der Waals surface area contributed by atoms with E-state index in [1.807, 2.05) is 5.32 Å². The summed E-state index contributed by atoms with van der Waals surface area (Å²) in [6, 6.07) is 1.75. The molecule has 0 radical (unpaired) electrons. The van der Waals surface area contributed by atoms with E-state index >= 15 is 0 Å². The number of amides is 3. The van der Waals surface area contributed by atoms with Crippen LogP contribution in [0.4, 0.5) is 29.3 Å². The van der Waals surface area contributed by atoms with Crippen molar-refractivity contribution in [2.75, 3.05) is 24.7 Å². The zero-order valence-corrected chi connectivity index (χ0v) is 24.7. The van der Waals surface area contributed by atoms with E-state index in [2.05, 4.69) is 5.32 Å². The lowest BCUT2D eigenvalue weighted by atomic mass is 9.54. The number of fused-ring (bicyclic) bond motifs is 3. The quantitative estimate of drug-likeness (QED) is 0.130. The Kier molecular flexibility index (Phi) is 7.78. The monoisotopic (exact) mass is 662 g/mol. The number of aliphatic hydroxyl groups excluding tert-OH is 3. The number of Topliss-reactive ketones (excluding diaryl/α,β-unsaturated/α-hetero) is 2. The number of urea groups is 1. The van der Waals surface area contributed by atoms with Crippen LogP contribution in [0.2, 0.25) is 0 Å². The number of ketones is 2. The number of nitrogens with one attached hydrogen (secondary N) is 2. The Morgan fingerprint density at radius 3 is 2.17 bits per heavy atom. The number of aliphatic hydroxyl groups is 4. The van der Waals surface area contributed by atoms with E-state index in [0.717, 1.165) is 18.2 Å². The van der Waals surface area contributed by atoms with Crippen molar-refractivity contribution in [2.24, 2.45) is 17.6 Å². The van der Waals surface area contributed by atoms with Gasteiger partial charge in [0.25, 0.3) is 5.91 Å². The van der Waals surface area contributed by atoms with Crippen molar-refractivity contribution in [1.29, 1.82) is 0 Å². The third-order valence-corrected chi connectivity index (χ3v) is 8.93. The van der Waals surface area contributed by atoms with Gasteiger partial charge in [0.1, 0.15) is 28.6 Å². The smallest absolute Gasteiger partial charge is 0.418 e. The topological polar surface area (TPSA) is 243 Å². The number of carbonyl (C=O) groups is 4. The van der Waals surface area contributed by atoms with Crippen LogP contribution in [0.5, 0.6) is 11.5 Å². The highest BCUT2D eigenvalue weighted by Gasteiger charge is 2.68. The predicted octanol–water partition coefficient (Wildman–Crippen LogP) is 1.86. The maximum Gasteiger partial charge on any atom is 0.418 e. The van der Waals surface area contributed by atoms with Crippen LogP contribution in [0.25, 0.3) is 5.76 Å². The number of benzene rings is 2. The number of likely N-dealkylation sites (N-methyl/N-ethyl adjacent to an activating group) is 1. The normalized spacial score (nSPS) is 27.3. The molecule has 0 bridgehead atoms. The molecule has 1 saturated carbocycles. The first kappa shape index (κ1) is 33.2. The Balaban J connectivity index is 1.60. The van der Waals surface area contributed by atoms with Crippen LogP contribution in [-0.2, 0) is 20.6 Å². The second kappa shape index (κ2) is 11.0. The molecule has 10 N–H and O–H groups in total. The van der Waals surface area contributed by atoms with E-state index in [4.69, 9.17) is 5.73 Å². The molecule has 3 aliphatic rings. The van der Waals surface area contributed by atoms with Gasteiger partial charge in [-0.05, 0) is 49.8 Å². The summed E-state index contributed by atoms with van der Waals surface area (Å²) in [5.41, 5.74) is -2.44. The first-order chi connectivity index (χ1) is 21.7. The first-order valence-electron chi connectivity index (χ1n) is 13.9. The van der Waals surface area contributed by atoms with Gasteiger partial charge < -0.3 is 47.0 Å². The Morgan fingerprint density at radius 2 is 1.60 bits per heavy atom. The van der Waals surface area contributed by atoms with Gasteiger partial charge in [0.15, 0.2) is 11.4 Å². The van der Waals surface area contributed by atoms with E-state index < -0.39 is 122 Å². The molecule has 1 unspecified atom stereocenters. The molecule has 14 nitrogen and oxygen atoms in total. The lowest BCUT2D eigenvalue weighted by molar-refractivity contribution is -0.169. The number of rotatable bonds is 4. The second-order valence-corrected chi connectivity index (χ2v) is 11.8. The van der Waals surface area contributed by atoms with Gasteiger partial charge in [-0.1, -0.05) is 13.0 Å². The average Bonchev–Trinajstić information content (AvgIpc) is 2.96. The summed E-state index contributed by atoms with van der Waals surface area (Å²) < 4.78 is 40.3. The van der Waals surface area contributed by atoms with Crippen LogP contribution in [0.3, 0.4) is 0 Å². The molecule has 3 aliphatic carbocycles. The minimum absolute atomic E-state index is 0.135. The number of alkyl halides is 3. The number of hydrogen-bond acceptors (Lipinski definition) is 11. The fourth-order valence-electron chi connectivity index (χ4n) is 6.87. The molecule has 0 spiro atoms. The lowest BCUT2D eigenvalue weighted by Crippen LogP contribution is -2.70. The molecule has 1 fully saturated rings. The molecule has 17 heteroatoms. The van der Waals surface area contributed by atoms with Crippen LogP contribution < -0.4 is 16.4 Å². The van der Waals surface area contributed by atoms with Crippen LogP contribution >= 0.6 is 0 Å². The fraction of sp³-hybridized carbons (Fsp3) is 0.333. The first-order valence-corrected chi connectivity index (χ1v) is 13.9. The van der Waals surface area contributed by atoms with Crippen LogP contribution in [0.1, 0.15) is 29.5 Å². The average molecular weight is 663 g/mol. The van der Waals surface area contributed by atoms with E-state index in [0.29, 0.717) is 6.07 Å². The van der Waals surface area contributed by atoms with Crippen molar-refractivity contribution in [3.63, 3.8) is 0 Å². The standard InChI is InChI=1S/C30H29F3N4O10/c1-9-11-5-7-14(36-28(46)35-13-6-4-10(38)8-12(13)30(31,32)33)21(39)16(11)22(40)17-15(9)23(41)19-20(37(2)3)24(42)18(27(34)45)26(44)29(19,47)25(17)43/h4-9,15,19-20,23,38-41,44,47H,1-3H3,(H2,34,45)(H2,35,36,46)/t9-,15+,19+,20-,23?,29-/m0/s1. The van der Waals surface area contributed by atoms with Crippen LogP contribution in [-0.4, -0.2) is 90.9 Å². The highest BCUT2D eigenvalue weighted by molar-refractivity contribution is 6.24. The van der Waals surface area contributed by atoms with Crippen molar-refractivity contribution < 1.29 is 63.0 Å². The molecule has 0 aliphatic heterocycles. The lowest BCUT2D eigenvalue weighted by Gasteiger charge is -2.53. The number of phenolic OH excluding ortho intramolecular Hbond substituents is 2. The SMILES string of the molecule is C[C@H]1c2ccc(NC(=O)Nc3ccc(O)cc3C(F)(F)F)c(O)c2C(O)=C2C(=O)[C@]3(O)C(O)=C(C(N)=O)C(=O)[C@@H](N(C)C)[C@@H]3C(O)[C@@H]21. The summed E-state index contributed by atoms with van der Waals surface area (Å²) in [5, 5.41) is 70.5. The molecule has 47 heavy (non-hydrogen) atoms. The third kappa shape index (κ3) is 4.85. The third-order valence-electron chi connectivity index (χ3n) is 8.93. The summed E-state index contributed by atoms with van der Waals surface area (Å²) in [4.78, 5) is 53.4. The number of hydrogen-bond donors (Lipinski definition) is 9. The van der Waals surface area contributed by atoms with Gasteiger partial charge in [-0.3, -0.25) is 19.3 Å². The molecular weight excluding hydrogens is 633 g/mol. The summed E-state index contributed by atoms with van der Waals surface area (Å²) in [5.74, 6) is -11.9. The van der Waals surface area contributed by atoms with Crippen molar-refractivity contribution in [3.8, 4) is 11.5 Å². The maximum atomic E-state index is 14.1. The van der Waals surface area contributed by atoms with Crippen LogP contribution in [0.15, 0.2) is 47.2 Å². The Bertz CT molecular complexity index is 1820. The van der Waals surface area contributed by atoms with E-state index in [-0.39, 0.29) is 5.56 Å². The molecule has 0 aromatic heterocycles. The number of nitrogens with two attached hydrogens (primary N) is 1. The van der Waals surface area contributed by atoms with Gasteiger partial charge in [-0.25, -0.2) is 4.79 Å². The van der Waals surface area contributed by atoms with E-state index in [1.165, 1.54) is 32.0 Å². The van der Waals surface area contributed by atoms with Crippen molar-refractivity contribution >= 4 is 40.6 Å². The Hall–Kier alpha value is -5.13. The van der Waals surface area contributed by atoms with E-state index in [9.17, 15) is 63.0 Å². The van der Waals surface area contributed by atoms with Crippen molar-refractivity contribution in [1.82, 2.24) is 4.90 Å². The molecule has 6 atom stereocenters. The van der Waals surface area contributed by atoms with Gasteiger partial charge in [-0.15, -0.1) is 0 Å². The second-order valence-electron chi connectivity index (χ2n) is 11.8. The maximum absolute atomic E-state index is 14.1. The zero-order chi connectivity index (χ0) is 35.1. The van der Waals surface area contributed by atoms with Gasteiger partial charge in [0, 0.05) is 11.5 Å². The minimum Gasteiger partial charge on any atom is -0.508 e. The minimum atomic E-state index is -4.96. The number of aromatic hydroxyl groups is 2. The molecule has 2 aromatic carbocycles. The summed E-state index contributed by atoms with van der Waals surface area (Å²) in [6.07, 6.45) is -6.77.